The lowest BCUT2D eigenvalue weighted by atomic mass is 10.7. The Morgan fingerprint density at radius 1 is 1.55 bits per heavy atom. The van der Waals surface area contributed by atoms with E-state index in [-0.39, 0.29) is 4.21 Å². The van der Waals surface area contributed by atoms with Crippen LogP contribution in [0.25, 0.3) is 0 Å². The van der Waals surface area contributed by atoms with Gasteiger partial charge in [-0.15, -0.1) is 11.3 Å². The van der Waals surface area contributed by atoms with Crippen LogP contribution in [-0.4, -0.2) is 19.5 Å². The zero-order valence-corrected chi connectivity index (χ0v) is 7.71. The van der Waals surface area contributed by atoms with Gasteiger partial charge in [-0.05, 0) is 12.1 Å². The molecule has 3 nitrogen and oxygen atoms in total. The van der Waals surface area contributed by atoms with Crippen LogP contribution in [0.4, 0.5) is 0 Å². The second kappa shape index (κ2) is 3.10. The zero-order valence-electron chi connectivity index (χ0n) is 5.32. The normalized spacial score (nSPS) is 11.8. The molecule has 11 heavy (non-hydrogen) atoms. The molecular formula is C5H5ClO3S2. The van der Waals surface area contributed by atoms with E-state index in [2.05, 4.69) is 0 Å². The van der Waals surface area contributed by atoms with Crippen LogP contribution in [0.5, 0.6) is 0 Å². The van der Waals surface area contributed by atoms with Crippen LogP contribution in [0.3, 0.4) is 0 Å². The predicted molar refractivity (Wildman–Crippen MR) is 43.6 cm³/mol. The monoisotopic (exact) mass is 212 g/mol. The molecule has 0 aromatic carbocycles. The van der Waals surface area contributed by atoms with Crippen LogP contribution >= 0.6 is 22.9 Å². The van der Waals surface area contributed by atoms with E-state index in [1.165, 1.54) is 12.1 Å². The van der Waals surface area contributed by atoms with Crippen molar-refractivity contribution in [1.29, 1.82) is 0 Å². The summed E-state index contributed by atoms with van der Waals surface area (Å²) in [7, 11) is -3.49. The smallest absolute Gasteiger partial charge is 0.211 e. The second-order valence-corrected chi connectivity index (χ2v) is 5.70. The van der Waals surface area contributed by atoms with E-state index in [0.29, 0.717) is 4.34 Å². The predicted octanol–water partition coefficient (Wildman–Crippen LogP) is 1.13. The van der Waals surface area contributed by atoms with E-state index in [9.17, 15) is 8.42 Å². The van der Waals surface area contributed by atoms with Crippen molar-refractivity contribution in [2.75, 3.05) is 5.94 Å². The molecule has 0 amide bonds. The Balaban J connectivity index is 3.13. The molecule has 0 aliphatic rings. The maximum absolute atomic E-state index is 10.9. The fourth-order valence-electron chi connectivity index (χ4n) is 0.528. The Labute approximate surface area is 73.2 Å². The molecule has 0 radical (unpaired) electrons. The minimum atomic E-state index is -3.49. The molecule has 0 bridgehead atoms. The van der Waals surface area contributed by atoms with E-state index in [1.54, 1.807) is 0 Å². The van der Waals surface area contributed by atoms with Crippen molar-refractivity contribution < 1.29 is 13.5 Å². The number of sulfone groups is 1. The fourth-order valence-corrected chi connectivity index (χ4v) is 2.78. The Bertz CT molecular complexity index is 340. The summed E-state index contributed by atoms with van der Waals surface area (Å²) in [6.45, 7) is 0. The van der Waals surface area contributed by atoms with Crippen LogP contribution < -0.4 is 0 Å². The van der Waals surface area contributed by atoms with E-state index in [4.69, 9.17) is 16.7 Å². The number of aliphatic hydroxyl groups excluding tert-OH is 1. The van der Waals surface area contributed by atoms with Crippen molar-refractivity contribution >= 4 is 32.8 Å². The van der Waals surface area contributed by atoms with Gasteiger partial charge in [-0.1, -0.05) is 11.6 Å². The molecule has 1 aromatic heterocycles. The van der Waals surface area contributed by atoms with Crippen molar-refractivity contribution in [1.82, 2.24) is 0 Å². The highest BCUT2D eigenvalue weighted by Gasteiger charge is 2.14. The van der Waals surface area contributed by atoms with Crippen LogP contribution in [-0.2, 0) is 9.84 Å². The van der Waals surface area contributed by atoms with Crippen molar-refractivity contribution in [3.63, 3.8) is 0 Å². The van der Waals surface area contributed by atoms with Gasteiger partial charge in [0, 0.05) is 0 Å². The summed E-state index contributed by atoms with van der Waals surface area (Å²) >= 11 is 6.43. The van der Waals surface area contributed by atoms with Crippen LogP contribution in [0, 0.1) is 0 Å². The van der Waals surface area contributed by atoms with Gasteiger partial charge in [-0.25, -0.2) is 8.42 Å². The number of thiophene rings is 1. The summed E-state index contributed by atoms with van der Waals surface area (Å²) in [6, 6.07) is 2.85. The maximum atomic E-state index is 10.9. The van der Waals surface area contributed by atoms with Gasteiger partial charge in [0.2, 0.25) is 9.84 Å². The summed E-state index contributed by atoms with van der Waals surface area (Å²) in [4.78, 5) is 0. The molecule has 0 atom stereocenters. The quantitative estimate of drug-likeness (QED) is 0.800. The highest BCUT2D eigenvalue weighted by atomic mass is 35.5. The molecule has 0 saturated heterocycles. The number of rotatable bonds is 2. The second-order valence-electron chi connectivity index (χ2n) is 1.80. The first-order chi connectivity index (χ1) is 5.06. The average Bonchev–Trinajstić information content (AvgIpc) is 2.36. The van der Waals surface area contributed by atoms with E-state index >= 15 is 0 Å². The van der Waals surface area contributed by atoms with Crippen LogP contribution in [0.15, 0.2) is 16.3 Å². The van der Waals surface area contributed by atoms with Crippen molar-refractivity contribution in [2.24, 2.45) is 0 Å². The standard InChI is InChI=1S/C5H5ClO3S2/c6-4-1-2-5(10-4)11(8,9)3-7/h1-2,7H,3H2. The molecule has 0 aliphatic carbocycles. The third-order valence-electron chi connectivity index (χ3n) is 1.03. The molecule has 1 aromatic rings. The van der Waals surface area contributed by atoms with Gasteiger partial charge in [-0.2, -0.15) is 0 Å². The van der Waals surface area contributed by atoms with Crippen LogP contribution in [0.2, 0.25) is 4.34 Å². The van der Waals surface area contributed by atoms with Gasteiger partial charge >= 0.3 is 0 Å². The molecule has 0 fully saturated rings. The van der Waals surface area contributed by atoms with Gasteiger partial charge in [-0.3, -0.25) is 0 Å². The lowest BCUT2D eigenvalue weighted by Gasteiger charge is -1.92. The summed E-state index contributed by atoms with van der Waals surface area (Å²) < 4.78 is 22.3. The van der Waals surface area contributed by atoms with Gasteiger partial charge in [0.25, 0.3) is 0 Å². The van der Waals surface area contributed by atoms with Crippen molar-refractivity contribution in [3.05, 3.63) is 16.5 Å². The van der Waals surface area contributed by atoms with E-state index in [0.717, 1.165) is 11.3 Å². The fraction of sp³-hybridized carbons (Fsp3) is 0.200. The summed E-state index contributed by atoms with van der Waals surface area (Å²) in [5.41, 5.74) is 0. The Kier molecular flexibility index (Phi) is 2.54. The first kappa shape index (κ1) is 8.99. The van der Waals surface area contributed by atoms with E-state index in [1.807, 2.05) is 0 Å². The first-order valence-electron chi connectivity index (χ1n) is 2.65. The summed E-state index contributed by atoms with van der Waals surface area (Å²) in [5, 5.41) is 8.43. The van der Waals surface area contributed by atoms with Gasteiger partial charge < -0.3 is 5.11 Å². The molecule has 1 heterocycles. The third kappa shape index (κ3) is 1.93. The van der Waals surface area contributed by atoms with E-state index < -0.39 is 15.8 Å². The van der Waals surface area contributed by atoms with Crippen molar-refractivity contribution in [2.45, 2.75) is 4.21 Å². The average molecular weight is 213 g/mol. The molecule has 0 spiro atoms. The Morgan fingerprint density at radius 3 is 2.55 bits per heavy atom. The number of hydrogen-bond acceptors (Lipinski definition) is 4. The molecule has 0 aliphatic heterocycles. The molecule has 1 N–H and O–H groups in total. The first-order valence-corrected chi connectivity index (χ1v) is 5.50. The molecular weight excluding hydrogens is 208 g/mol. The minimum Gasteiger partial charge on any atom is -0.380 e. The van der Waals surface area contributed by atoms with Gasteiger partial charge in [0.05, 0.1) is 4.34 Å². The summed E-state index contributed by atoms with van der Waals surface area (Å²) in [5.74, 6) is -0.871. The van der Waals surface area contributed by atoms with Gasteiger partial charge in [0.1, 0.15) is 10.1 Å². The molecule has 0 unspecified atom stereocenters. The van der Waals surface area contributed by atoms with Crippen molar-refractivity contribution in [3.8, 4) is 0 Å². The molecule has 1 rings (SSSR count). The Morgan fingerprint density at radius 2 is 2.18 bits per heavy atom. The number of halogens is 1. The molecule has 62 valence electrons. The third-order valence-corrected chi connectivity index (χ3v) is 4.15. The van der Waals surface area contributed by atoms with Crippen LogP contribution in [0.1, 0.15) is 0 Å². The SMILES string of the molecule is O=S(=O)(CO)c1ccc(Cl)s1. The number of hydrogen-bond donors (Lipinski definition) is 1. The maximum Gasteiger partial charge on any atom is 0.211 e. The highest BCUT2D eigenvalue weighted by molar-refractivity contribution is 7.93. The Hall–Kier alpha value is -0.100. The topological polar surface area (TPSA) is 54.4 Å². The minimum absolute atomic E-state index is 0.102. The lowest BCUT2D eigenvalue weighted by molar-refractivity contribution is 0.359. The lowest BCUT2D eigenvalue weighted by Crippen LogP contribution is -2.02. The molecule has 6 heteroatoms. The number of aliphatic hydroxyl groups is 1. The highest BCUT2D eigenvalue weighted by Crippen LogP contribution is 2.25. The molecule has 0 saturated carbocycles. The largest absolute Gasteiger partial charge is 0.380 e. The van der Waals surface area contributed by atoms with Gasteiger partial charge in [0.15, 0.2) is 0 Å². The zero-order chi connectivity index (χ0) is 8.48. The summed E-state index contributed by atoms with van der Waals surface area (Å²) in [6.07, 6.45) is 0.